The molecule has 80 valence electrons. The third-order valence-electron chi connectivity index (χ3n) is 2.90. The van der Waals surface area contributed by atoms with Crippen LogP contribution in [0.3, 0.4) is 0 Å². The molecule has 0 bridgehead atoms. The van der Waals surface area contributed by atoms with E-state index in [1.807, 2.05) is 6.08 Å². The molecule has 0 atom stereocenters. The predicted octanol–water partition coefficient (Wildman–Crippen LogP) is 3.11. The van der Waals surface area contributed by atoms with Crippen molar-refractivity contribution in [2.75, 3.05) is 6.54 Å². The lowest BCUT2D eigenvalue weighted by atomic mass is 9.85. The molecule has 2 nitrogen and oxygen atoms in total. The second kappa shape index (κ2) is 6.63. The zero-order valence-electron chi connectivity index (χ0n) is 9.26. The van der Waals surface area contributed by atoms with E-state index in [0.717, 1.165) is 18.9 Å². The Hall–Kier alpha value is -0.790. The highest BCUT2D eigenvalue weighted by atomic mass is 15.3. The molecular formula is C12H22N2. The highest BCUT2D eigenvalue weighted by molar-refractivity contribution is 5.86. The fourth-order valence-corrected chi connectivity index (χ4v) is 2.11. The Bertz CT molecular complexity index is 190. The van der Waals surface area contributed by atoms with Crippen molar-refractivity contribution in [1.82, 2.24) is 5.43 Å². The Morgan fingerprint density at radius 3 is 2.71 bits per heavy atom. The van der Waals surface area contributed by atoms with E-state index < -0.39 is 0 Å². The average Bonchev–Trinajstić information content (AvgIpc) is 2.26. The molecule has 1 N–H and O–H groups in total. The van der Waals surface area contributed by atoms with Crippen LogP contribution >= 0.6 is 0 Å². The van der Waals surface area contributed by atoms with Crippen LogP contribution in [0.4, 0.5) is 0 Å². The highest BCUT2D eigenvalue weighted by Gasteiger charge is 2.17. The van der Waals surface area contributed by atoms with E-state index >= 15 is 0 Å². The van der Waals surface area contributed by atoms with Crippen LogP contribution in [-0.2, 0) is 0 Å². The molecule has 1 aliphatic carbocycles. The summed E-state index contributed by atoms with van der Waals surface area (Å²) < 4.78 is 0. The lowest BCUT2D eigenvalue weighted by Crippen LogP contribution is -2.20. The molecule has 1 aliphatic rings. The zero-order valence-corrected chi connectivity index (χ0v) is 9.26. The van der Waals surface area contributed by atoms with Gasteiger partial charge >= 0.3 is 0 Å². The van der Waals surface area contributed by atoms with E-state index in [9.17, 15) is 0 Å². The molecule has 0 heterocycles. The van der Waals surface area contributed by atoms with E-state index in [0.29, 0.717) is 0 Å². The Morgan fingerprint density at radius 1 is 1.43 bits per heavy atom. The molecule has 0 aliphatic heterocycles. The quantitative estimate of drug-likeness (QED) is 0.309. The van der Waals surface area contributed by atoms with E-state index in [2.05, 4.69) is 24.0 Å². The molecule has 0 radical (unpaired) electrons. The third-order valence-corrected chi connectivity index (χ3v) is 2.90. The minimum atomic E-state index is 0.742. The summed E-state index contributed by atoms with van der Waals surface area (Å²) in [5, 5.41) is 4.45. The molecule has 14 heavy (non-hydrogen) atoms. The highest BCUT2D eigenvalue weighted by Crippen LogP contribution is 2.25. The van der Waals surface area contributed by atoms with Gasteiger partial charge in [0.2, 0.25) is 0 Å². The van der Waals surface area contributed by atoms with Crippen molar-refractivity contribution in [2.45, 2.75) is 45.4 Å². The summed E-state index contributed by atoms with van der Waals surface area (Å²) in [6.45, 7) is 6.64. The summed E-state index contributed by atoms with van der Waals surface area (Å²) in [7, 11) is 0. The summed E-state index contributed by atoms with van der Waals surface area (Å²) in [4.78, 5) is 0. The van der Waals surface area contributed by atoms with Crippen molar-refractivity contribution in [3.63, 3.8) is 0 Å². The molecule has 0 spiro atoms. The smallest absolute Gasteiger partial charge is 0.0507 e. The normalized spacial score (nSPS) is 19.4. The molecule has 0 aromatic carbocycles. The predicted molar refractivity (Wildman–Crippen MR) is 62.5 cm³/mol. The summed E-state index contributed by atoms with van der Waals surface area (Å²) in [6.07, 6.45) is 9.77. The number of rotatable bonds is 5. The first-order chi connectivity index (χ1) is 6.88. The van der Waals surface area contributed by atoms with Crippen molar-refractivity contribution in [2.24, 2.45) is 11.0 Å². The molecule has 1 rings (SSSR count). The van der Waals surface area contributed by atoms with Crippen LogP contribution in [0, 0.1) is 5.92 Å². The molecule has 1 fully saturated rings. The van der Waals surface area contributed by atoms with Gasteiger partial charge in [-0.2, -0.15) is 5.10 Å². The Labute approximate surface area is 87.5 Å². The first kappa shape index (κ1) is 11.3. The van der Waals surface area contributed by atoms with Gasteiger partial charge in [-0.15, -0.1) is 6.58 Å². The maximum absolute atomic E-state index is 4.45. The van der Waals surface area contributed by atoms with Gasteiger partial charge in [-0.25, -0.2) is 0 Å². The number of hydrazone groups is 1. The molecule has 1 saturated carbocycles. The molecule has 0 saturated heterocycles. The fraction of sp³-hybridized carbons (Fsp3) is 0.750. The monoisotopic (exact) mass is 194 g/mol. The van der Waals surface area contributed by atoms with Crippen molar-refractivity contribution >= 4 is 5.71 Å². The van der Waals surface area contributed by atoms with Gasteiger partial charge in [-0.05, 0) is 25.2 Å². The number of nitrogens with zero attached hydrogens (tertiary/aromatic N) is 1. The van der Waals surface area contributed by atoms with Crippen LogP contribution in [0.15, 0.2) is 17.8 Å². The van der Waals surface area contributed by atoms with Gasteiger partial charge in [0.1, 0.15) is 0 Å². The lowest BCUT2D eigenvalue weighted by molar-refractivity contribution is 0.434. The molecule has 0 unspecified atom stereocenters. The van der Waals surface area contributed by atoms with Crippen molar-refractivity contribution in [3.8, 4) is 0 Å². The topological polar surface area (TPSA) is 24.4 Å². The number of nitrogens with one attached hydrogen (secondary N) is 1. The standard InChI is InChI=1S/C12H22N2/c1-3-10-13-14-12(4-2)11-8-6-5-7-9-11/h3,11,13H,1,4-10H2,2H3/b14-12+. The largest absolute Gasteiger partial charge is 0.306 e. The Balaban J connectivity index is 2.41. The molecule has 0 aromatic heterocycles. The minimum absolute atomic E-state index is 0.742. The SMILES string of the molecule is C=CCN/N=C(\CC)C1CCCCC1. The second-order valence-electron chi connectivity index (χ2n) is 3.94. The van der Waals surface area contributed by atoms with Crippen LogP contribution in [0.1, 0.15) is 45.4 Å². The molecular weight excluding hydrogens is 172 g/mol. The first-order valence-electron chi connectivity index (χ1n) is 5.78. The number of hydrogen-bond donors (Lipinski definition) is 1. The Morgan fingerprint density at radius 2 is 2.14 bits per heavy atom. The summed E-state index contributed by atoms with van der Waals surface area (Å²) in [6, 6.07) is 0. The second-order valence-corrected chi connectivity index (χ2v) is 3.94. The van der Waals surface area contributed by atoms with E-state index in [-0.39, 0.29) is 0 Å². The molecule has 2 heteroatoms. The minimum Gasteiger partial charge on any atom is -0.306 e. The van der Waals surface area contributed by atoms with Crippen LogP contribution in [0.2, 0.25) is 0 Å². The zero-order chi connectivity index (χ0) is 10.2. The first-order valence-corrected chi connectivity index (χ1v) is 5.78. The van der Waals surface area contributed by atoms with Gasteiger partial charge in [-0.1, -0.05) is 32.3 Å². The van der Waals surface area contributed by atoms with Gasteiger partial charge in [0.25, 0.3) is 0 Å². The molecule has 0 amide bonds. The van der Waals surface area contributed by atoms with Gasteiger partial charge in [0, 0.05) is 5.71 Å². The van der Waals surface area contributed by atoms with Gasteiger partial charge in [0.15, 0.2) is 0 Å². The maximum atomic E-state index is 4.45. The van der Waals surface area contributed by atoms with Crippen molar-refractivity contribution in [1.29, 1.82) is 0 Å². The molecule has 0 aromatic rings. The van der Waals surface area contributed by atoms with Gasteiger partial charge < -0.3 is 5.43 Å². The van der Waals surface area contributed by atoms with Crippen LogP contribution < -0.4 is 5.43 Å². The lowest BCUT2D eigenvalue weighted by Gasteiger charge is -2.22. The maximum Gasteiger partial charge on any atom is 0.0507 e. The van der Waals surface area contributed by atoms with Crippen LogP contribution in [-0.4, -0.2) is 12.3 Å². The van der Waals surface area contributed by atoms with E-state index in [4.69, 9.17) is 0 Å². The third kappa shape index (κ3) is 3.52. The summed E-state index contributed by atoms with van der Waals surface area (Å²) >= 11 is 0. The Kier molecular flexibility index (Phi) is 5.35. The summed E-state index contributed by atoms with van der Waals surface area (Å²) in [5.74, 6) is 0.742. The van der Waals surface area contributed by atoms with Gasteiger partial charge in [-0.3, -0.25) is 0 Å². The fourth-order valence-electron chi connectivity index (χ4n) is 2.11. The average molecular weight is 194 g/mol. The van der Waals surface area contributed by atoms with E-state index in [1.54, 1.807) is 0 Å². The summed E-state index contributed by atoms with van der Waals surface area (Å²) in [5.41, 5.74) is 4.41. The van der Waals surface area contributed by atoms with Gasteiger partial charge in [0.05, 0.1) is 6.54 Å². The van der Waals surface area contributed by atoms with Crippen LogP contribution in [0.5, 0.6) is 0 Å². The van der Waals surface area contributed by atoms with E-state index in [1.165, 1.54) is 37.8 Å². The van der Waals surface area contributed by atoms with Crippen LogP contribution in [0.25, 0.3) is 0 Å². The van der Waals surface area contributed by atoms with Crippen molar-refractivity contribution in [3.05, 3.63) is 12.7 Å². The van der Waals surface area contributed by atoms with Crippen molar-refractivity contribution < 1.29 is 0 Å². The number of hydrogen-bond acceptors (Lipinski definition) is 2.